The fraction of sp³-hybridized carbons (Fsp3) is 0.471. The molecule has 1 aromatic heterocycles. The van der Waals surface area contributed by atoms with Gasteiger partial charge >= 0.3 is 0 Å². The molecule has 1 saturated heterocycles. The molecule has 0 aliphatic carbocycles. The Morgan fingerprint density at radius 1 is 1.14 bits per heavy atom. The van der Waals surface area contributed by atoms with Crippen molar-refractivity contribution < 1.29 is 4.74 Å². The van der Waals surface area contributed by atoms with Gasteiger partial charge in [0.2, 0.25) is 0 Å². The lowest BCUT2D eigenvalue weighted by molar-refractivity contribution is 0.122. The highest BCUT2D eigenvalue weighted by molar-refractivity contribution is 6.35. The molecule has 0 unspecified atom stereocenters. The van der Waals surface area contributed by atoms with Gasteiger partial charge in [-0.25, -0.2) is 0 Å². The zero-order chi connectivity index (χ0) is 15.0. The van der Waals surface area contributed by atoms with Gasteiger partial charge in [0.15, 0.2) is 0 Å². The van der Waals surface area contributed by atoms with E-state index in [-0.39, 0.29) is 5.41 Å². The minimum Gasteiger partial charge on any atom is -0.378 e. The number of pyridine rings is 1. The Labute approximate surface area is 130 Å². The summed E-state index contributed by atoms with van der Waals surface area (Å²) in [5, 5.41) is 1.80. The van der Waals surface area contributed by atoms with Crippen LogP contribution in [0.3, 0.4) is 0 Å². The molecule has 1 fully saturated rings. The third-order valence-corrected chi connectivity index (χ3v) is 4.20. The van der Waals surface area contributed by atoms with Crippen LogP contribution in [0.5, 0.6) is 0 Å². The van der Waals surface area contributed by atoms with Crippen LogP contribution < -0.4 is 4.90 Å². The number of ether oxygens (including phenoxy) is 1. The van der Waals surface area contributed by atoms with E-state index in [2.05, 4.69) is 43.9 Å². The molecule has 1 aliphatic heterocycles. The lowest BCUT2D eigenvalue weighted by Gasteiger charge is -2.29. The zero-order valence-electron chi connectivity index (χ0n) is 12.8. The maximum absolute atomic E-state index is 6.50. The first-order valence-electron chi connectivity index (χ1n) is 7.38. The fourth-order valence-electron chi connectivity index (χ4n) is 2.58. The summed E-state index contributed by atoms with van der Waals surface area (Å²) in [5.41, 5.74) is 3.18. The minimum absolute atomic E-state index is 0.000704. The number of fused-ring (bicyclic) bond motifs is 1. The number of rotatable bonds is 1. The van der Waals surface area contributed by atoms with E-state index in [1.54, 1.807) is 0 Å². The summed E-state index contributed by atoms with van der Waals surface area (Å²) in [5.74, 6) is 0. The van der Waals surface area contributed by atoms with Gasteiger partial charge in [0.05, 0.1) is 23.8 Å². The van der Waals surface area contributed by atoms with Gasteiger partial charge in [-0.15, -0.1) is 0 Å². The first-order chi connectivity index (χ1) is 9.95. The predicted molar refractivity (Wildman–Crippen MR) is 88.5 cm³/mol. The second-order valence-electron chi connectivity index (χ2n) is 6.54. The Hall–Kier alpha value is -1.32. The van der Waals surface area contributed by atoms with Crippen molar-refractivity contribution in [3.8, 4) is 0 Å². The standard InChI is InChI=1S/C17H21ClN2O/c1-17(2,3)16-11-14(18)13-10-12(4-5-15(13)19-16)20-6-8-21-9-7-20/h4-5,10-11H,6-9H2,1-3H3. The molecule has 3 nitrogen and oxygen atoms in total. The molecule has 0 radical (unpaired) electrons. The van der Waals surface area contributed by atoms with Crippen molar-refractivity contribution in [2.75, 3.05) is 31.2 Å². The lowest BCUT2D eigenvalue weighted by Crippen LogP contribution is -2.36. The Kier molecular flexibility index (Phi) is 3.80. The summed E-state index contributed by atoms with van der Waals surface area (Å²) < 4.78 is 5.41. The second kappa shape index (κ2) is 5.47. The van der Waals surface area contributed by atoms with Crippen LogP contribution in [-0.4, -0.2) is 31.3 Å². The van der Waals surface area contributed by atoms with Crippen LogP contribution in [0.2, 0.25) is 5.02 Å². The molecule has 21 heavy (non-hydrogen) atoms. The quantitative estimate of drug-likeness (QED) is 0.795. The fourth-order valence-corrected chi connectivity index (χ4v) is 2.83. The predicted octanol–water partition coefficient (Wildman–Crippen LogP) is 4.02. The monoisotopic (exact) mass is 304 g/mol. The molecule has 2 heterocycles. The van der Waals surface area contributed by atoms with Gasteiger partial charge in [-0.05, 0) is 24.3 Å². The van der Waals surface area contributed by atoms with E-state index in [1.165, 1.54) is 5.69 Å². The number of benzene rings is 1. The van der Waals surface area contributed by atoms with E-state index < -0.39 is 0 Å². The van der Waals surface area contributed by atoms with Crippen LogP contribution >= 0.6 is 11.6 Å². The van der Waals surface area contributed by atoms with Crippen molar-refractivity contribution in [3.05, 3.63) is 35.0 Å². The molecule has 0 amide bonds. The van der Waals surface area contributed by atoms with Gasteiger partial charge in [-0.1, -0.05) is 32.4 Å². The number of halogens is 1. The lowest BCUT2D eigenvalue weighted by atomic mass is 9.91. The zero-order valence-corrected chi connectivity index (χ0v) is 13.6. The van der Waals surface area contributed by atoms with Crippen molar-refractivity contribution in [1.82, 2.24) is 4.98 Å². The van der Waals surface area contributed by atoms with Crippen LogP contribution in [0.15, 0.2) is 24.3 Å². The normalized spacial score (nSPS) is 16.5. The average molecular weight is 305 g/mol. The summed E-state index contributed by atoms with van der Waals surface area (Å²) in [6, 6.07) is 8.33. The van der Waals surface area contributed by atoms with Gasteiger partial charge in [0.25, 0.3) is 0 Å². The van der Waals surface area contributed by atoms with Crippen molar-refractivity contribution in [2.24, 2.45) is 0 Å². The first-order valence-corrected chi connectivity index (χ1v) is 7.76. The van der Waals surface area contributed by atoms with E-state index in [1.807, 2.05) is 6.07 Å². The van der Waals surface area contributed by atoms with Gasteiger partial charge in [0.1, 0.15) is 0 Å². The number of hydrogen-bond donors (Lipinski definition) is 0. The highest BCUT2D eigenvalue weighted by Crippen LogP contribution is 2.31. The summed E-state index contributed by atoms with van der Waals surface area (Å²) in [7, 11) is 0. The highest BCUT2D eigenvalue weighted by atomic mass is 35.5. The number of morpholine rings is 1. The van der Waals surface area contributed by atoms with Crippen LogP contribution in [-0.2, 0) is 10.2 Å². The van der Waals surface area contributed by atoms with Crippen molar-refractivity contribution in [1.29, 1.82) is 0 Å². The Bertz CT molecular complexity index is 658. The Balaban J connectivity index is 2.04. The second-order valence-corrected chi connectivity index (χ2v) is 6.95. The summed E-state index contributed by atoms with van der Waals surface area (Å²) in [6.45, 7) is 9.88. The molecule has 4 heteroatoms. The maximum Gasteiger partial charge on any atom is 0.0722 e. The number of aromatic nitrogens is 1. The first kappa shape index (κ1) is 14.6. The van der Waals surface area contributed by atoms with Gasteiger partial charge < -0.3 is 9.64 Å². The number of nitrogens with zero attached hydrogens (tertiary/aromatic N) is 2. The molecule has 2 aromatic rings. The molecule has 0 bridgehead atoms. The molecular weight excluding hydrogens is 284 g/mol. The molecule has 3 rings (SSSR count). The summed E-state index contributed by atoms with van der Waals surface area (Å²) in [4.78, 5) is 7.10. The molecule has 0 saturated carbocycles. The van der Waals surface area contributed by atoms with Gasteiger partial charge in [0, 0.05) is 35.3 Å². The van der Waals surface area contributed by atoms with E-state index in [0.29, 0.717) is 0 Å². The number of anilines is 1. The summed E-state index contributed by atoms with van der Waals surface area (Å²) in [6.07, 6.45) is 0. The highest BCUT2D eigenvalue weighted by Gasteiger charge is 2.18. The molecule has 0 N–H and O–H groups in total. The SMILES string of the molecule is CC(C)(C)c1cc(Cl)c2cc(N3CCOCC3)ccc2n1. The van der Waals surface area contributed by atoms with Gasteiger partial charge in [-0.2, -0.15) is 0 Å². The van der Waals surface area contributed by atoms with E-state index in [4.69, 9.17) is 21.3 Å². The maximum atomic E-state index is 6.50. The van der Waals surface area contributed by atoms with E-state index in [9.17, 15) is 0 Å². The molecule has 112 valence electrons. The van der Waals surface area contributed by atoms with Crippen molar-refractivity contribution >= 4 is 28.2 Å². The van der Waals surface area contributed by atoms with E-state index >= 15 is 0 Å². The van der Waals surface area contributed by atoms with Crippen molar-refractivity contribution in [3.63, 3.8) is 0 Å². The minimum atomic E-state index is 0.000704. The van der Waals surface area contributed by atoms with Crippen LogP contribution in [0.1, 0.15) is 26.5 Å². The molecular formula is C17H21ClN2O. The largest absolute Gasteiger partial charge is 0.378 e. The molecule has 1 aromatic carbocycles. The molecule has 0 spiro atoms. The third-order valence-electron chi connectivity index (χ3n) is 3.89. The van der Waals surface area contributed by atoms with Crippen LogP contribution in [0.25, 0.3) is 10.9 Å². The molecule has 1 aliphatic rings. The van der Waals surface area contributed by atoms with Crippen molar-refractivity contribution in [2.45, 2.75) is 26.2 Å². The van der Waals surface area contributed by atoms with Crippen LogP contribution in [0.4, 0.5) is 5.69 Å². The Morgan fingerprint density at radius 3 is 2.52 bits per heavy atom. The Morgan fingerprint density at radius 2 is 1.86 bits per heavy atom. The van der Waals surface area contributed by atoms with E-state index in [0.717, 1.165) is 47.9 Å². The number of hydrogen-bond acceptors (Lipinski definition) is 3. The topological polar surface area (TPSA) is 25.4 Å². The summed E-state index contributed by atoms with van der Waals surface area (Å²) >= 11 is 6.50. The van der Waals surface area contributed by atoms with Crippen LogP contribution in [0, 0.1) is 0 Å². The molecule has 0 atom stereocenters. The smallest absolute Gasteiger partial charge is 0.0722 e. The van der Waals surface area contributed by atoms with Gasteiger partial charge in [-0.3, -0.25) is 4.98 Å². The average Bonchev–Trinajstić information content (AvgIpc) is 2.47. The third kappa shape index (κ3) is 2.99.